The van der Waals surface area contributed by atoms with E-state index in [-0.39, 0.29) is 35.8 Å². The lowest BCUT2D eigenvalue weighted by Gasteiger charge is -2.23. The minimum absolute atomic E-state index is 0.00120. The zero-order valence-corrected chi connectivity index (χ0v) is 22.3. The van der Waals surface area contributed by atoms with Crippen molar-refractivity contribution in [1.29, 1.82) is 0 Å². The van der Waals surface area contributed by atoms with E-state index < -0.39 is 11.8 Å². The molecule has 0 aliphatic heterocycles. The van der Waals surface area contributed by atoms with Gasteiger partial charge in [0.05, 0.1) is 24.1 Å². The molecule has 2 aliphatic carbocycles. The number of pyridine rings is 1. The van der Waals surface area contributed by atoms with Gasteiger partial charge < -0.3 is 19.1 Å². The smallest absolute Gasteiger partial charge is 0.303 e. The standard InChI is InChI=1S/C29H30ClFN2O5/c1-29(2)10-4-5-21(29)27-24(38-33-28(27)20-11-17(36-3)8-9-23(20)31)15-37-25-12-19(22(30)14-32-25)18(13-26(34)35)16-6-7-16/h5,8-9,11-12,14,16,18H,4,6-7,10,13,15H2,1-3H3,(H,34,35). The van der Waals surface area contributed by atoms with Gasteiger partial charge in [-0.3, -0.25) is 4.79 Å². The van der Waals surface area contributed by atoms with E-state index in [9.17, 15) is 14.3 Å². The van der Waals surface area contributed by atoms with Crippen LogP contribution in [-0.2, 0) is 11.4 Å². The fraction of sp³-hybridized carbons (Fsp3) is 0.414. The number of allylic oxidation sites excluding steroid dienone is 2. The molecule has 0 bridgehead atoms. The van der Waals surface area contributed by atoms with Crippen LogP contribution in [0.4, 0.5) is 4.39 Å². The quantitative estimate of drug-likeness (QED) is 0.288. The number of hydrogen-bond acceptors (Lipinski definition) is 6. The molecule has 3 aromatic rings. The Morgan fingerprint density at radius 3 is 2.76 bits per heavy atom. The highest BCUT2D eigenvalue weighted by atomic mass is 35.5. The molecular formula is C29H30ClFN2O5. The van der Waals surface area contributed by atoms with Gasteiger partial charge in [-0.1, -0.05) is 36.7 Å². The van der Waals surface area contributed by atoms with Gasteiger partial charge in [0.15, 0.2) is 12.4 Å². The summed E-state index contributed by atoms with van der Waals surface area (Å²) in [6.07, 6.45) is 7.42. The normalized spacial score (nSPS) is 17.2. The van der Waals surface area contributed by atoms with E-state index in [1.807, 2.05) is 0 Å². The summed E-state index contributed by atoms with van der Waals surface area (Å²) in [5, 5.41) is 14.1. The zero-order chi connectivity index (χ0) is 27.0. The summed E-state index contributed by atoms with van der Waals surface area (Å²) in [6.45, 7) is 4.29. The van der Waals surface area contributed by atoms with Crippen molar-refractivity contribution >= 4 is 23.1 Å². The van der Waals surface area contributed by atoms with Crippen LogP contribution in [-0.4, -0.2) is 28.3 Å². The molecule has 38 heavy (non-hydrogen) atoms. The first-order chi connectivity index (χ1) is 18.2. The van der Waals surface area contributed by atoms with Crippen molar-refractivity contribution in [2.75, 3.05) is 7.11 Å². The number of benzene rings is 1. The molecule has 1 unspecified atom stereocenters. The summed E-state index contributed by atoms with van der Waals surface area (Å²) in [4.78, 5) is 15.8. The van der Waals surface area contributed by atoms with Crippen LogP contribution in [0.2, 0.25) is 5.02 Å². The van der Waals surface area contributed by atoms with Gasteiger partial charge in [0.25, 0.3) is 0 Å². The van der Waals surface area contributed by atoms with E-state index in [0.717, 1.165) is 36.8 Å². The molecule has 200 valence electrons. The topological polar surface area (TPSA) is 94.7 Å². The molecule has 1 fully saturated rings. The molecule has 0 spiro atoms. The average Bonchev–Trinajstić information content (AvgIpc) is 3.55. The number of rotatable bonds is 10. The van der Waals surface area contributed by atoms with E-state index in [2.05, 4.69) is 30.1 Å². The second-order valence-corrected chi connectivity index (χ2v) is 11.0. The molecule has 2 aliphatic rings. The second kappa shape index (κ2) is 10.4. The Hall–Kier alpha value is -3.39. The number of carboxylic acids is 1. The minimum Gasteiger partial charge on any atom is -0.497 e. The molecule has 0 radical (unpaired) electrons. The van der Waals surface area contributed by atoms with Crippen molar-refractivity contribution in [2.45, 2.75) is 58.5 Å². The van der Waals surface area contributed by atoms with E-state index in [1.54, 1.807) is 18.2 Å². The summed E-state index contributed by atoms with van der Waals surface area (Å²) in [5.74, 6) is 0.0563. The molecule has 0 amide bonds. The monoisotopic (exact) mass is 540 g/mol. The highest BCUT2D eigenvalue weighted by molar-refractivity contribution is 6.31. The Labute approximate surface area is 225 Å². The van der Waals surface area contributed by atoms with Crippen molar-refractivity contribution in [2.24, 2.45) is 11.3 Å². The lowest BCUT2D eigenvalue weighted by atomic mass is 9.80. The first kappa shape index (κ1) is 26.2. The molecular weight excluding hydrogens is 511 g/mol. The molecule has 1 atom stereocenters. The third-order valence-electron chi connectivity index (χ3n) is 7.50. The van der Waals surface area contributed by atoms with Gasteiger partial charge in [-0.2, -0.15) is 0 Å². The third kappa shape index (κ3) is 5.27. The van der Waals surface area contributed by atoms with Gasteiger partial charge in [0.2, 0.25) is 5.88 Å². The maximum Gasteiger partial charge on any atom is 0.303 e. The van der Waals surface area contributed by atoms with Crippen LogP contribution in [0.25, 0.3) is 16.8 Å². The van der Waals surface area contributed by atoms with Crippen LogP contribution in [0.3, 0.4) is 0 Å². The zero-order valence-electron chi connectivity index (χ0n) is 21.6. The highest BCUT2D eigenvalue weighted by Gasteiger charge is 2.36. The maximum atomic E-state index is 15.0. The van der Waals surface area contributed by atoms with Gasteiger partial charge in [-0.25, -0.2) is 9.37 Å². The van der Waals surface area contributed by atoms with Crippen LogP contribution in [0, 0.1) is 17.2 Å². The molecule has 9 heteroatoms. The van der Waals surface area contributed by atoms with Crippen LogP contribution in [0.1, 0.15) is 68.8 Å². The SMILES string of the molecule is COc1ccc(F)c(-c2noc(COc3cc(C(CC(=O)O)C4CC4)c(Cl)cn3)c2C2=CCCC2(C)C)c1. The number of halogens is 2. The number of aromatic nitrogens is 2. The molecule has 0 saturated heterocycles. The largest absolute Gasteiger partial charge is 0.497 e. The second-order valence-electron chi connectivity index (χ2n) is 10.6. The number of hydrogen-bond donors (Lipinski definition) is 1. The van der Waals surface area contributed by atoms with Gasteiger partial charge in [-0.15, -0.1) is 0 Å². The average molecular weight is 541 g/mol. The molecule has 5 rings (SSSR count). The molecule has 1 aromatic carbocycles. The van der Waals surface area contributed by atoms with Gasteiger partial charge in [-0.05, 0) is 72.3 Å². The summed E-state index contributed by atoms with van der Waals surface area (Å²) in [5.41, 5.74) is 2.96. The van der Waals surface area contributed by atoms with Crippen LogP contribution in [0.5, 0.6) is 11.6 Å². The van der Waals surface area contributed by atoms with Crippen molar-refractivity contribution in [3.8, 4) is 22.9 Å². The van der Waals surface area contributed by atoms with E-state index in [4.69, 9.17) is 25.6 Å². The molecule has 1 saturated carbocycles. The van der Waals surface area contributed by atoms with Crippen molar-refractivity contribution in [3.05, 3.63) is 64.3 Å². The van der Waals surface area contributed by atoms with Crippen LogP contribution >= 0.6 is 11.6 Å². The number of nitrogens with zero attached hydrogens (tertiary/aromatic N) is 2. The maximum absolute atomic E-state index is 15.0. The van der Waals surface area contributed by atoms with E-state index >= 15 is 0 Å². The number of ether oxygens (including phenoxy) is 2. The first-order valence-corrected chi connectivity index (χ1v) is 13.1. The Balaban J connectivity index is 1.49. The summed E-state index contributed by atoms with van der Waals surface area (Å²) >= 11 is 6.42. The number of aliphatic carboxylic acids is 1. The third-order valence-corrected chi connectivity index (χ3v) is 7.82. The Kier molecular flexibility index (Phi) is 7.18. The Morgan fingerprint density at radius 2 is 2.11 bits per heavy atom. The molecule has 2 heterocycles. The van der Waals surface area contributed by atoms with Crippen molar-refractivity contribution in [3.63, 3.8) is 0 Å². The lowest BCUT2D eigenvalue weighted by molar-refractivity contribution is -0.137. The van der Waals surface area contributed by atoms with Crippen molar-refractivity contribution < 1.29 is 28.3 Å². The van der Waals surface area contributed by atoms with E-state index in [0.29, 0.717) is 33.7 Å². The molecule has 1 N–H and O–H groups in total. The fourth-order valence-electron chi connectivity index (χ4n) is 5.28. The van der Waals surface area contributed by atoms with Gasteiger partial charge >= 0.3 is 5.97 Å². The molecule has 7 nitrogen and oxygen atoms in total. The number of carboxylic acid groups (broad SMARTS) is 1. The number of carbonyl (C=O) groups is 1. The fourth-order valence-corrected chi connectivity index (χ4v) is 5.52. The summed E-state index contributed by atoms with van der Waals surface area (Å²) in [7, 11) is 1.53. The number of methoxy groups -OCH3 is 1. The lowest BCUT2D eigenvalue weighted by Crippen LogP contribution is -2.12. The Bertz CT molecular complexity index is 1400. The Morgan fingerprint density at radius 1 is 1.32 bits per heavy atom. The summed E-state index contributed by atoms with van der Waals surface area (Å²) < 4.78 is 32.1. The predicted octanol–water partition coefficient (Wildman–Crippen LogP) is 7.29. The van der Waals surface area contributed by atoms with Crippen molar-refractivity contribution in [1.82, 2.24) is 10.1 Å². The first-order valence-electron chi connectivity index (χ1n) is 12.7. The summed E-state index contributed by atoms with van der Waals surface area (Å²) in [6, 6.07) is 6.23. The van der Waals surface area contributed by atoms with E-state index in [1.165, 1.54) is 19.4 Å². The predicted molar refractivity (Wildman–Crippen MR) is 141 cm³/mol. The highest BCUT2D eigenvalue weighted by Crippen LogP contribution is 2.49. The van der Waals surface area contributed by atoms with Crippen LogP contribution in [0.15, 0.2) is 41.1 Å². The van der Waals surface area contributed by atoms with Gasteiger partial charge in [0.1, 0.15) is 17.3 Å². The van der Waals surface area contributed by atoms with Crippen LogP contribution < -0.4 is 9.47 Å². The molecule has 2 aromatic heterocycles. The minimum atomic E-state index is -0.867. The van der Waals surface area contributed by atoms with Gasteiger partial charge in [0, 0.05) is 17.8 Å².